The molecule has 1 atom stereocenters. The van der Waals surface area contributed by atoms with Crippen LogP contribution >= 0.6 is 0 Å². The van der Waals surface area contributed by atoms with E-state index in [9.17, 15) is 4.79 Å². The Morgan fingerprint density at radius 3 is 2.95 bits per heavy atom. The maximum absolute atomic E-state index is 12.4. The Morgan fingerprint density at radius 1 is 1.50 bits per heavy atom. The van der Waals surface area contributed by atoms with Gasteiger partial charge in [0.1, 0.15) is 6.61 Å². The van der Waals surface area contributed by atoms with Crippen molar-refractivity contribution < 1.29 is 9.90 Å². The van der Waals surface area contributed by atoms with E-state index >= 15 is 0 Å². The van der Waals surface area contributed by atoms with Crippen molar-refractivity contribution in [2.24, 2.45) is 11.3 Å². The van der Waals surface area contributed by atoms with E-state index in [1.807, 2.05) is 24.3 Å². The van der Waals surface area contributed by atoms with Crippen molar-refractivity contribution in [3.63, 3.8) is 0 Å². The molecule has 2 N–H and O–H groups in total. The van der Waals surface area contributed by atoms with Crippen molar-refractivity contribution >= 4 is 11.6 Å². The maximum Gasteiger partial charge on any atom is 0.228 e. The smallest absolute Gasteiger partial charge is 0.228 e. The molecule has 1 unspecified atom stereocenters. The molecule has 0 saturated heterocycles. The third-order valence-corrected chi connectivity index (χ3v) is 4.02. The van der Waals surface area contributed by atoms with Gasteiger partial charge in [0.05, 0.1) is 0 Å². The summed E-state index contributed by atoms with van der Waals surface area (Å²) in [6, 6.07) is 7.42. The van der Waals surface area contributed by atoms with Gasteiger partial charge < -0.3 is 10.4 Å². The minimum absolute atomic E-state index is 0.0784. The average Bonchev–Trinajstić information content (AvgIpc) is 2.76. The van der Waals surface area contributed by atoms with Gasteiger partial charge in [-0.2, -0.15) is 0 Å². The predicted molar refractivity (Wildman–Crippen MR) is 80.2 cm³/mol. The van der Waals surface area contributed by atoms with Gasteiger partial charge in [-0.15, -0.1) is 0 Å². The van der Waals surface area contributed by atoms with Crippen LogP contribution in [0.3, 0.4) is 0 Å². The Balaban J connectivity index is 2.08. The second-order valence-electron chi connectivity index (χ2n) is 5.96. The number of benzene rings is 1. The van der Waals surface area contributed by atoms with E-state index in [0.717, 1.165) is 30.5 Å². The molecule has 106 valence electrons. The molecule has 1 aliphatic rings. The summed E-state index contributed by atoms with van der Waals surface area (Å²) in [5.41, 5.74) is 1.64. The van der Waals surface area contributed by atoms with Crippen LogP contribution in [0.1, 0.15) is 38.7 Å². The number of nitrogens with one attached hydrogen (secondary N) is 1. The van der Waals surface area contributed by atoms with Crippen LogP contribution in [0.4, 0.5) is 5.69 Å². The number of amides is 1. The molecule has 1 aliphatic carbocycles. The van der Waals surface area contributed by atoms with E-state index < -0.39 is 0 Å². The van der Waals surface area contributed by atoms with Crippen LogP contribution in [-0.4, -0.2) is 17.6 Å². The summed E-state index contributed by atoms with van der Waals surface area (Å²) in [5, 5.41) is 11.7. The molecular formula is C17H21NO2. The van der Waals surface area contributed by atoms with E-state index in [4.69, 9.17) is 5.11 Å². The molecule has 1 amide bonds. The highest BCUT2D eigenvalue weighted by atomic mass is 16.2. The van der Waals surface area contributed by atoms with Gasteiger partial charge >= 0.3 is 0 Å². The van der Waals surface area contributed by atoms with Gasteiger partial charge in [0.15, 0.2) is 0 Å². The van der Waals surface area contributed by atoms with Gasteiger partial charge in [0, 0.05) is 17.2 Å². The number of carbonyl (C=O) groups excluding carboxylic acids is 1. The molecular weight excluding hydrogens is 250 g/mol. The standard InChI is InChI=1S/C17H21NO2/c1-17(2)10-4-9-15(17)16(20)18-14-8-3-6-13(12-14)7-5-11-19/h3,6,8,12,15,19H,4,9-11H2,1-2H3,(H,18,20). The molecule has 0 radical (unpaired) electrons. The monoisotopic (exact) mass is 271 g/mol. The van der Waals surface area contributed by atoms with Gasteiger partial charge in [-0.3, -0.25) is 4.79 Å². The Hall–Kier alpha value is -1.79. The summed E-state index contributed by atoms with van der Waals surface area (Å²) in [4.78, 5) is 12.4. The van der Waals surface area contributed by atoms with Crippen molar-refractivity contribution in [1.82, 2.24) is 0 Å². The highest BCUT2D eigenvalue weighted by Gasteiger charge is 2.39. The first-order chi connectivity index (χ1) is 9.53. The zero-order valence-electron chi connectivity index (χ0n) is 12.1. The number of aliphatic hydroxyl groups excluding tert-OH is 1. The topological polar surface area (TPSA) is 49.3 Å². The number of hydrogen-bond acceptors (Lipinski definition) is 2. The number of carbonyl (C=O) groups is 1. The van der Waals surface area contributed by atoms with Crippen molar-refractivity contribution in [3.05, 3.63) is 29.8 Å². The molecule has 3 heteroatoms. The average molecular weight is 271 g/mol. The fraction of sp³-hybridized carbons (Fsp3) is 0.471. The lowest BCUT2D eigenvalue weighted by Gasteiger charge is -2.25. The second-order valence-corrected chi connectivity index (χ2v) is 5.96. The molecule has 1 aromatic carbocycles. The van der Waals surface area contributed by atoms with Gasteiger partial charge in [-0.25, -0.2) is 0 Å². The first-order valence-electron chi connectivity index (χ1n) is 7.03. The number of aliphatic hydroxyl groups is 1. The van der Waals surface area contributed by atoms with Crippen LogP contribution in [0.5, 0.6) is 0 Å². The molecule has 1 aromatic rings. The van der Waals surface area contributed by atoms with Crippen LogP contribution in [0, 0.1) is 23.2 Å². The Morgan fingerprint density at radius 2 is 2.30 bits per heavy atom. The van der Waals surface area contributed by atoms with Crippen molar-refractivity contribution in [2.45, 2.75) is 33.1 Å². The fourth-order valence-corrected chi connectivity index (χ4v) is 2.86. The SMILES string of the molecule is CC1(C)CCCC1C(=O)Nc1cccc(C#CCO)c1. The maximum atomic E-state index is 12.4. The van der Waals surface area contributed by atoms with E-state index in [0.29, 0.717) is 0 Å². The molecule has 2 rings (SSSR count). The van der Waals surface area contributed by atoms with Crippen LogP contribution in [0.15, 0.2) is 24.3 Å². The molecule has 0 aromatic heterocycles. The van der Waals surface area contributed by atoms with Crippen LogP contribution in [0.25, 0.3) is 0 Å². The lowest BCUT2D eigenvalue weighted by atomic mass is 9.81. The molecule has 0 aliphatic heterocycles. The molecule has 0 heterocycles. The molecule has 0 bridgehead atoms. The first-order valence-corrected chi connectivity index (χ1v) is 7.03. The summed E-state index contributed by atoms with van der Waals surface area (Å²) in [6.45, 7) is 4.16. The van der Waals surface area contributed by atoms with Crippen molar-refractivity contribution in [1.29, 1.82) is 0 Å². The summed E-state index contributed by atoms with van der Waals surface area (Å²) in [7, 11) is 0. The van der Waals surface area contributed by atoms with E-state index in [1.54, 1.807) is 0 Å². The van der Waals surface area contributed by atoms with E-state index in [1.165, 1.54) is 0 Å². The molecule has 3 nitrogen and oxygen atoms in total. The molecule has 1 fully saturated rings. The normalized spacial score (nSPS) is 20.1. The summed E-state index contributed by atoms with van der Waals surface area (Å²) >= 11 is 0. The summed E-state index contributed by atoms with van der Waals surface area (Å²) in [5.74, 6) is 5.62. The zero-order chi connectivity index (χ0) is 14.6. The largest absolute Gasteiger partial charge is 0.384 e. The quantitative estimate of drug-likeness (QED) is 0.813. The second kappa shape index (κ2) is 6.11. The zero-order valence-corrected chi connectivity index (χ0v) is 12.1. The third-order valence-electron chi connectivity index (χ3n) is 4.02. The van der Waals surface area contributed by atoms with Crippen LogP contribution in [-0.2, 0) is 4.79 Å². The van der Waals surface area contributed by atoms with Crippen LogP contribution < -0.4 is 5.32 Å². The Bertz CT molecular complexity index is 552. The summed E-state index contributed by atoms with van der Waals surface area (Å²) in [6.07, 6.45) is 3.18. The fourth-order valence-electron chi connectivity index (χ4n) is 2.86. The molecule has 1 saturated carbocycles. The minimum atomic E-state index is -0.160. The highest BCUT2D eigenvalue weighted by molar-refractivity contribution is 5.93. The molecule has 0 spiro atoms. The Labute approximate surface area is 120 Å². The van der Waals surface area contributed by atoms with E-state index in [-0.39, 0.29) is 23.8 Å². The lowest BCUT2D eigenvalue weighted by molar-refractivity contribution is -0.122. The van der Waals surface area contributed by atoms with Crippen LogP contribution in [0.2, 0.25) is 0 Å². The van der Waals surface area contributed by atoms with Gasteiger partial charge in [0.2, 0.25) is 5.91 Å². The van der Waals surface area contributed by atoms with Crippen molar-refractivity contribution in [2.75, 3.05) is 11.9 Å². The Kier molecular flexibility index (Phi) is 4.46. The van der Waals surface area contributed by atoms with Crippen molar-refractivity contribution in [3.8, 4) is 11.8 Å². The highest BCUT2D eigenvalue weighted by Crippen LogP contribution is 2.43. The number of anilines is 1. The van der Waals surface area contributed by atoms with E-state index in [2.05, 4.69) is 31.0 Å². The van der Waals surface area contributed by atoms with Gasteiger partial charge in [-0.05, 0) is 36.5 Å². The minimum Gasteiger partial charge on any atom is -0.384 e. The van der Waals surface area contributed by atoms with Gasteiger partial charge in [-0.1, -0.05) is 38.2 Å². The number of rotatable bonds is 2. The third kappa shape index (κ3) is 3.40. The number of hydrogen-bond donors (Lipinski definition) is 2. The van der Waals surface area contributed by atoms with Gasteiger partial charge in [0.25, 0.3) is 0 Å². The lowest BCUT2D eigenvalue weighted by Crippen LogP contribution is -2.30. The predicted octanol–water partition coefficient (Wildman–Crippen LogP) is 2.80. The summed E-state index contributed by atoms with van der Waals surface area (Å²) < 4.78 is 0. The molecule has 20 heavy (non-hydrogen) atoms. The first kappa shape index (κ1) is 14.6.